The van der Waals surface area contributed by atoms with Gasteiger partial charge in [-0.3, -0.25) is 4.79 Å². The number of amides is 1. The van der Waals surface area contributed by atoms with Crippen molar-refractivity contribution in [1.29, 1.82) is 0 Å². The number of carbonyl (C=O) groups is 1. The number of nitrogens with one attached hydrogen (secondary N) is 1. The van der Waals surface area contributed by atoms with E-state index >= 15 is 0 Å². The van der Waals surface area contributed by atoms with Crippen LogP contribution in [-0.4, -0.2) is 19.1 Å². The third-order valence-corrected chi connectivity index (χ3v) is 3.38. The predicted molar refractivity (Wildman–Crippen MR) is 80.0 cm³/mol. The van der Waals surface area contributed by atoms with E-state index in [9.17, 15) is 4.79 Å². The van der Waals surface area contributed by atoms with Crippen LogP contribution in [0.5, 0.6) is 0 Å². The maximum atomic E-state index is 11.8. The first-order valence-corrected chi connectivity index (χ1v) is 6.98. The summed E-state index contributed by atoms with van der Waals surface area (Å²) in [6, 6.07) is 5.66. The van der Waals surface area contributed by atoms with Crippen LogP contribution < -0.4 is 5.32 Å². The number of benzene rings is 1. The van der Waals surface area contributed by atoms with Gasteiger partial charge in [0.05, 0.1) is 18.4 Å². The van der Waals surface area contributed by atoms with Crippen LogP contribution in [0.15, 0.2) is 35.5 Å². The molecule has 0 aliphatic carbocycles. The molecule has 17 heavy (non-hydrogen) atoms. The highest BCUT2D eigenvalue weighted by Crippen LogP contribution is 2.19. The molecule has 1 aromatic rings. The van der Waals surface area contributed by atoms with Crippen molar-refractivity contribution in [1.82, 2.24) is 5.32 Å². The zero-order chi connectivity index (χ0) is 12.7. The summed E-state index contributed by atoms with van der Waals surface area (Å²) in [6.45, 7) is 4.60. The summed E-state index contributed by atoms with van der Waals surface area (Å²) in [6.07, 6.45) is 2.16. The summed E-state index contributed by atoms with van der Waals surface area (Å²) < 4.78 is 6.80. The summed E-state index contributed by atoms with van der Waals surface area (Å²) in [5, 5.41) is 2.84. The Morgan fingerprint density at radius 1 is 1.59 bits per heavy atom. The molecule has 0 unspecified atom stereocenters. The molecule has 0 aromatic heterocycles. The lowest BCUT2D eigenvalue weighted by Crippen LogP contribution is -2.25. The van der Waals surface area contributed by atoms with E-state index in [2.05, 4.69) is 50.4 Å². The number of hydrogen-bond acceptors (Lipinski definition) is 2. The lowest BCUT2D eigenvalue weighted by atomic mass is 10.2. The lowest BCUT2D eigenvalue weighted by molar-refractivity contribution is 0.0949. The van der Waals surface area contributed by atoms with E-state index in [1.807, 2.05) is 18.2 Å². The van der Waals surface area contributed by atoms with Crippen molar-refractivity contribution in [2.45, 2.75) is 6.42 Å². The molecule has 0 saturated carbocycles. The van der Waals surface area contributed by atoms with Gasteiger partial charge in [-0.05, 0) is 63.1 Å². The van der Waals surface area contributed by atoms with E-state index in [-0.39, 0.29) is 5.91 Å². The van der Waals surface area contributed by atoms with Gasteiger partial charge >= 0.3 is 0 Å². The third-order valence-electron chi connectivity index (χ3n) is 2.02. The summed E-state index contributed by atoms with van der Waals surface area (Å²) in [5.74, 6) is -0.0750. The van der Waals surface area contributed by atoms with Gasteiger partial charge in [0.25, 0.3) is 5.91 Å². The van der Waals surface area contributed by atoms with Crippen LogP contribution in [0.1, 0.15) is 16.8 Å². The van der Waals surface area contributed by atoms with E-state index < -0.39 is 0 Å². The Balaban J connectivity index is 2.46. The van der Waals surface area contributed by atoms with Gasteiger partial charge in [0, 0.05) is 14.6 Å². The number of carbonyl (C=O) groups excluding carboxylic acids is 1. The minimum atomic E-state index is -0.0750. The summed E-state index contributed by atoms with van der Waals surface area (Å²) in [4.78, 5) is 11.8. The summed E-state index contributed by atoms with van der Waals surface area (Å²) in [5.41, 5.74) is 0.654. The fourth-order valence-corrected chi connectivity index (χ4v) is 2.13. The highest BCUT2D eigenvalue weighted by Gasteiger charge is 2.09. The van der Waals surface area contributed by atoms with E-state index in [0.29, 0.717) is 18.7 Å². The zero-order valence-corrected chi connectivity index (χ0v) is 13.0. The molecule has 0 atom stereocenters. The molecule has 0 spiro atoms. The van der Waals surface area contributed by atoms with Crippen molar-refractivity contribution in [2.24, 2.45) is 0 Å². The first-order chi connectivity index (χ1) is 8.15. The minimum absolute atomic E-state index is 0.0750. The molecule has 1 N–H and O–H groups in total. The Kier molecular flexibility index (Phi) is 6.57. The monoisotopic (exact) mass is 409 g/mol. The molecule has 5 heteroatoms. The molecule has 0 heterocycles. The Bertz CT molecular complexity index is 409. The average molecular weight is 410 g/mol. The molecule has 3 nitrogen and oxygen atoms in total. The number of hydrogen-bond donors (Lipinski definition) is 1. The maximum absolute atomic E-state index is 11.8. The predicted octanol–water partition coefficient (Wildman–Crippen LogP) is 3.33. The van der Waals surface area contributed by atoms with Crippen LogP contribution in [0, 0.1) is 3.57 Å². The first kappa shape index (κ1) is 14.5. The maximum Gasteiger partial charge on any atom is 0.252 e. The molecule has 0 aliphatic heterocycles. The van der Waals surface area contributed by atoms with Crippen LogP contribution in [0.3, 0.4) is 0 Å². The molecular weight excluding hydrogens is 397 g/mol. The van der Waals surface area contributed by atoms with Gasteiger partial charge in [0.15, 0.2) is 0 Å². The van der Waals surface area contributed by atoms with E-state index in [1.54, 1.807) is 0 Å². The molecule has 0 bridgehead atoms. The standard InChI is InChI=1S/C12H13BrINO2/c1-2-17-7-3-6-15-12(16)10-8-9(14)4-5-11(10)13/h2,4-5,8H,1,3,6-7H2,(H,15,16). The topological polar surface area (TPSA) is 38.3 Å². The molecule has 1 rings (SSSR count). The van der Waals surface area contributed by atoms with E-state index in [1.165, 1.54) is 6.26 Å². The smallest absolute Gasteiger partial charge is 0.252 e. The van der Waals surface area contributed by atoms with Crippen LogP contribution in [0.4, 0.5) is 0 Å². The molecular formula is C12H13BrINO2. The SMILES string of the molecule is C=COCCCNC(=O)c1cc(I)ccc1Br. The Morgan fingerprint density at radius 3 is 3.06 bits per heavy atom. The normalized spacial score (nSPS) is 9.76. The first-order valence-electron chi connectivity index (χ1n) is 5.11. The molecule has 1 aromatic carbocycles. The highest BCUT2D eigenvalue weighted by atomic mass is 127. The molecule has 0 saturated heterocycles. The fraction of sp³-hybridized carbons (Fsp3) is 0.250. The second kappa shape index (κ2) is 7.71. The second-order valence-electron chi connectivity index (χ2n) is 3.27. The number of halogens is 2. The highest BCUT2D eigenvalue weighted by molar-refractivity contribution is 14.1. The minimum Gasteiger partial charge on any atom is -0.502 e. The Morgan fingerprint density at radius 2 is 2.35 bits per heavy atom. The quantitative estimate of drug-likeness (QED) is 0.444. The van der Waals surface area contributed by atoms with Crippen LogP contribution in [0.25, 0.3) is 0 Å². The fourth-order valence-electron chi connectivity index (χ4n) is 1.21. The summed E-state index contributed by atoms with van der Waals surface area (Å²) >= 11 is 5.54. The van der Waals surface area contributed by atoms with Gasteiger partial charge in [0.2, 0.25) is 0 Å². The van der Waals surface area contributed by atoms with Crippen LogP contribution in [-0.2, 0) is 4.74 Å². The van der Waals surface area contributed by atoms with Crippen LogP contribution >= 0.6 is 38.5 Å². The third kappa shape index (κ3) is 5.08. The Hall–Kier alpha value is -0.560. The van der Waals surface area contributed by atoms with Gasteiger partial charge in [-0.25, -0.2) is 0 Å². The van der Waals surface area contributed by atoms with Gasteiger partial charge < -0.3 is 10.1 Å². The van der Waals surface area contributed by atoms with Crippen LogP contribution in [0.2, 0.25) is 0 Å². The lowest BCUT2D eigenvalue weighted by Gasteiger charge is -2.07. The Labute approximate surface area is 123 Å². The van der Waals surface area contributed by atoms with Gasteiger partial charge in [-0.15, -0.1) is 0 Å². The van der Waals surface area contributed by atoms with Gasteiger partial charge in [0.1, 0.15) is 0 Å². The molecule has 1 amide bonds. The van der Waals surface area contributed by atoms with Gasteiger partial charge in [-0.1, -0.05) is 6.58 Å². The molecule has 0 fully saturated rings. The van der Waals surface area contributed by atoms with E-state index in [0.717, 1.165) is 14.5 Å². The van der Waals surface area contributed by atoms with Gasteiger partial charge in [-0.2, -0.15) is 0 Å². The second-order valence-corrected chi connectivity index (χ2v) is 5.37. The van der Waals surface area contributed by atoms with Crippen molar-refractivity contribution < 1.29 is 9.53 Å². The van der Waals surface area contributed by atoms with Crippen molar-refractivity contribution >= 4 is 44.4 Å². The molecule has 92 valence electrons. The van der Waals surface area contributed by atoms with Crippen molar-refractivity contribution in [3.05, 3.63) is 44.6 Å². The molecule has 0 aliphatic rings. The van der Waals surface area contributed by atoms with Crippen molar-refractivity contribution in [3.8, 4) is 0 Å². The zero-order valence-electron chi connectivity index (χ0n) is 9.21. The molecule has 0 radical (unpaired) electrons. The largest absolute Gasteiger partial charge is 0.502 e. The van der Waals surface area contributed by atoms with Crippen molar-refractivity contribution in [3.63, 3.8) is 0 Å². The average Bonchev–Trinajstić information content (AvgIpc) is 2.32. The number of rotatable bonds is 6. The summed E-state index contributed by atoms with van der Waals surface area (Å²) in [7, 11) is 0. The van der Waals surface area contributed by atoms with Crippen molar-refractivity contribution in [2.75, 3.05) is 13.2 Å². The van der Waals surface area contributed by atoms with E-state index in [4.69, 9.17) is 4.74 Å². The number of ether oxygens (including phenoxy) is 1.